The maximum absolute atomic E-state index is 12.3. The lowest BCUT2D eigenvalue weighted by molar-refractivity contribution is -0.123. The van der Waals surface area contributed by atoms with Gasteiger partial charge in [-0.3, -0.25) is 13.9 Å². The van der Waals surface area contributed by atoms with Gasteiger partial charge >= 0.3 is 0 Å². The Bertz CT molecular complexity index is 1110. The van der Waals surface area contributed by atoms with Crippen molar-refractivity contribution in [3.63, 3.8) is 0 Å². The van der Waals surface area contributed by atoms with Crippen LogP contribution in [0.5, 0.6) is 5.75 Å². The topological polar surface area (TPSA) is 117 Å². The minimum atomic E-state index is -3.67. The van der Waals surface area contributed by atoms with Crippen LogP contribution in [0.15, 0.2) is 47.6 Å². The fraction of sp³-hybridized carbons (Fsp3) is 0.348. The second-order valence-electron chi connectivity index (χ2n) is 7.93. The Hall–Kier alpha value is -3.40. The Kier molecular flexibility index (Phi) is 8.98. The highest BCUT2D eigenvalue weighted by Crippen LogP contribution is 2.23. The zero-order valence-corrected chi connectivity index (χ0v) is 20.3. The van der Waals surface area contributed by atoms with Gasteiger partial charge in [0.1, 0.15) is 12.3 Å². The quantitative estimate of drug-likeness (QED) is 0.404. The zero-order valence-electron chi connectivity index (χ0n) is 19.5. The first-order valence-electron chi connectivity index (χ1n) is 10.3. The molecule has 0 aliphatic heterocycles. The van der Waals surface area contributed by atoms with E-state index in [0.717, 1.165) is 21.7 Å². The van der Waals surface area contributed by atoms with Crippen LogP contribution in [-0.2, 0) is 19.6 Å². The molecule has 9 nitrogen and oxygen atoms in total. The molecule has 2 aromatic carbocycles. The Morgan fingerprint density at radius 2 is 1.76 bits per heavy atom. The van der Waals surface area contributed by atoms with E-state index in [0.29, 0.717) is 17.0 Å². The standard InChI is InChI=1S/C23H30N4O5S/c1-16(2)25-23(29)15-32-20-9-7-19(8-10-20)13-24-26-22(28)14-27(33(5,30)31)21-11-6-17(3)12-18(21)4/h6-13,16H,14-15H2,1-5H3,(H,25,29)(H,26,28)/b24-13-. The molecule has 0 aliphatic carbocycles. The molecule has 0 saturated heterocycles. The van der Waals surface area contributed by atoms with Crippen LogP contribution in [0.1, 0.15) is 30.5 Å². The third-order valence-electron chi connectivity index (χ3n) is 4.41. The van der Waals surface area contributed by atoms with Gasteiger partial charge in [-0.1, -0.05) is 17.7 Å². The summed E-state index contributed by atoms with van der Waals surface area (Å²) >= 11 is 0. The SMILES string of the molecule is Cc1ccc(N(CC(=O)N/N=C\c2ccc(OCC(=O)NC(C)C)cc2)S(C)(=O)=O)c(C)c1. The predicted molar refractivity (Wildman–Crippen MR) is 129 cm³/mol. The minimum absolute atomic E-state index is 0.0420. The van der Waals surface area contributed by atoms with Gasteiger partial charge in [0.05, 0.1) is 18.2 Å². The van der Waals surface area contributed by atoms with Crippen LogP contribution >= 0.6 is 0 Å². The highest BCUT2D eigenvalue weighted by atomic mass is 32.2. The Morgan fingerprint density at radius 3 is 2.33 bits per heavy atom. The van der Waals surface area contributed by atoms with Gasteiger partial charge in [0, 0.05) is 6.04 Å². The highest BCUT2D eigenvalue weighted by molar-refractivity contribution is 7.92. The molecule has 2 rings (SSSR count). The fourth-order valence-corrected chi connectivity index (χ4v) is 3.89. The molecule has 2 amide bonds. The number of ether oxygens (including phenoxy) is 1. The molecule has 0 unspecified atom stereocenters. The van der Waals surface area contributed by atoms with Crippen molar-refractivity contribution in [2.75, 3.05) is 23.7 Å². The summed E-state index contributed by atoms with van der Waals surface area (Å²) in [6.45, 7) is 6.95. The molecule has 178 valence electrons. The van der Waals surface area contributed by atoms with Gasteiger partial charge in [-0.05, 0) is 69.2 Å². The normalized spacial score (nSPS) is 11.5. The summed E-state index contributed by atoms with van der Waals surface area (Å²) in [5.41, 5.74) is 5.22. The van der Waals surface area contributed by atoms with Gasteiger partial charge in [-0.25, -0.2) is 13.8 Å². The summed E-state index contributed by atoms with van der Waals surface area (Å²) in [5, 5.41) is 6.63. The summed E-state index contributed by atoms with van der Waals surface area (Å²) in [6, 6.07) is 12.1. The number of benzene rings is 2. The Morgan fingerprint density at radius 1 is 1.09 bits per heavy atom. The molecule has 0 radical (unpaired) electrons. The van der Waals surface area contributed by atoms with E-state index in [9.17, 15) is 18.0 Å². The van der Waals surface area contributed by atoms with Crippen LogP contribution < -0.4 is 19.8 Å². The summed E-state index contributed by atoms with van der Waals surface area (Å²) < 4.78 is 31.0. The lowest BCUT2D eigenvalue weighted by Gasteiger charge is -2.23. The molecule has 0 aromatic heterocycles. The zero-order chi connectivity index (χ0) is 24.6. The van der Waals surface area contributed by atoms with Crippen LogP contribution in [0.4, 0.5) is 5.69 Å². The van der Waals surface area contributed by atoms with Crippen LogP contribution in [0.2, 0.25) is 0 Å². The molecule has 0 fully saturated rings. The average molecular weight is 475 g/mol. The van der Waals surface area contributed by atoms with Crippen molar-refractivity contribution in [2.24, 2.45) is 5.10 Å². The van der Waals surface area contributed by atoms with Crippen molar-refractivity contribution in [2.45, 2.75) is 33.7 Å². The van der Waals surface area contributed by atoms with Crippen molar-refractivity contribution in [1.29, 1.82) is 0 Å². The van der Waals surface area contributed by atoms with E-state index >= 15 is 0 Å². The number of anilines is 1. The van der Waals surface area contributed by atoms with Gasteiger partial charge in [0.25, 0.3) is 11.8 Å². The van der Waals surface area contributed by atoms with Crippen LogP contribution in [0.3, 0.4) is 0 Å². The first-order chi connectivity index (χ1) is 15.5. The minimum Gasteiger partial charge on any atom is -0.484 e. The van der Waals surface area contributed by atoms with Crippen LogP contribution in [0, 0.1) is 13.8 Å². The molecular formula is C23H30N4O5S. The fourth-order valence-electron chi connectivity index (χ4n) is 2.97. The number of aryl methyl sites for hydroxylation is 2. The van der Waals surface area contributed by atoms with E-state index in [1.165, 1.54) is 6.21 Å². The molecule has 0 heterocycles. The third kappa shape index (κ3) is 8.57. The van der Waals surface area contributed by atoms with Gasteiger partial charge in [0.2, 0.25) is 10.0 Å². The molecule has 0 atom stereocenters. The molecule has 33 heavy (non-hydrogen) atoms. The third-order valence-corrected chi connectivity index (χ3v) is 5.54. The predicted octanol–water partition coefficient (Wildman–Crippen LogP) is 2.12. The molecular weight excluding hydrogens is 444 g/mol. The van der Waals surface area contributed by atoms with Crippen molar-refractivity contribution in [1.82, 2.24) is 10.7 Å². The highest BCUT2D eigenvalue weighted by Gasteiger charge is 2.22. The smallest absolute Gasteiger partial charge is 0.260 e. The van der Waals surface area contributed by atoms with E-state index in [4.69, 9.17) is 4.74 Å². The number of nitrogens with one attached hydrogen (secondary N) is 2. The van der Waals surface area contributed by atoms with Gasteiger partial charge < -0.3 is 10.1 Å². The molecule has 2 N–H and O–H groups in total. The van der Waals surface area contributed by atoms with E-state index in [2.05, 4.69) is 15.8 Å². The summed E-state index contributed by atoms with van der Waals surface area (Å²) in [6.07, 6.45) is 2.48. The number of hydrazone groups is 1. The number of rotatable bonds is 10. The van der Waals surface area contributed by atoms with Crippen LogP contribution in [0.25, 0.3) is 0 Å². The number of hydrogen-bond donors (Lipinski definition) is 2. The summed E-state index contributed by atoms with van der Waals surface area (Å²) in [7, 11) is -3.67. The number of amides is 2. The van der Waals surface area contributed by atoms with Crippen molar-refractivity contribution >= 4 is 33.7 Å². The lowest BCUT2D eigenvalue weighted by atomic mass is 10.1. The molecule has 0 saturated carbocycles. The Labute approximate surface area is 194 Å². The molecule has 2 aromatic rings. The first kappa shape index (κ1) is 25.9. The molecule has 10 heteroatoms. The number of carbonyl (C=O) groups excluding carboxylic acids is 2. The van der Waals surface area contributed by atoms with Gasteiger partial charge in [-0.15, -0.1) is 0 Å². The van der Waals surface area contributed by atoms with Crippen LogP contribution in [-0.4, -0.2) is 51.9 Å². The summed E-state index contributed by atoms with van der Waals surface area (Å²) in [4.78, 5) is 24.0. The van der Waals surface area contributed by atoms with E-state index in [1.807, 2.05) is 26.8 Å². The Balaban J connectivity index is 1.94. The monoisotopic (exact) mass is 474 g/mol. The number of hydrogen-bond acceptors (Lipinski definition) is 6. The van der Waals surface area contributed by atoms with Crippen molar-refractivity contribution in [3.05, 3.63) is 59.2 Å². The van der Waals surface area contributed by atoms with Crippen molar-refractivity contribution < 1.29 is 22.7 Å². The number of sulfonamides is 1. The lowest BCUT2D eigenvalue weighted by Crippen LogP contribution is -2.39. The molecule has 0 spiro atoms. The second kappa shape index (κ2) is 11.5. The van der Waals surface area contributed by atoms with Crippen molar-refractivity contribution in [3.8, 4) is 5.75 Å². The van der Waals surface area contributed by atoms with E-state index < -0.39 is 22.5 Å². The number of nitrogens with zero attached hydrogens (tertiary/aromatic N) is 2. The average Bonchev–Trinajstić information content (AvgIpc) is 2.71. The van der Waals surface area contributed by atoms with E-state index in [1.54, 1.807) is 43.3 Å². The first-order valence-corrected chi connectivity index (χ1v) is 12.2. The molecule has 0 bridgehead atoms. The van der Waals surface area contributed by atoms with Gasteiger partial charge in [0.15, 0.2) is 6.61 Å². The summed E-state index contributed by atoms with van der Waals surface area (Å²) in [5.74, 6) is -0.262. The number of carbonyl (C=O) groups is 2. The maximum atomic E-state index is 12.3. The largest absolute Gasteiger partial charge is 0.484 e. The maximum Gasteiger partial charge on any atom is 0.260 e. The van der Waals surface area contributed by atoms with Gasteiger partial charge in [-0.2, -0.15) is 5.10 Å². The second-order valence-corrected chi connectivity index (χ2v) is 9.84. The van der Waals surface area contributed by atoms with E-state index in [-0.39, 0.29) is 18.6 Å². The molecule has 0 aliphatic rings.